The lowest BCUT2D eigenvalue weighted by molar-refractivity contribution is -0.130. The highest BCUT2D eigenvalue weighted by molar-refractivity contribution is 7.85. The average Bonchev–Trinajstić information content (AvgIpc) is 2.29. The van der Waals surface area contributed by atoms with Gasteiger partial charge >= 0.3 is 0 Å². The highest BCUT2D eigenvalue weighted by Gasteiger charge is 2.09. The first kappa shape index (κ1) is 17.6. The molecule has 0 radical (unpaired) electrons. The number of rotatable bonds is 4. The zero-order chi connectivity index (χ0) is 14.9. The number of likely N-dealkylation sites (N-methyl/N-ethyl adjacent to an activating group) is 1. The van der Waals surface area contributed by atoms with E-state index in [1.54, 1.807) is 0 Å². The van der Waals surface area contributed by atoms with Crippen molar-refractivity contribution in [3.05, 3.63) is 35.9 Å². The molecule has 0 heterocycles. The van der Waals surface area contributed by atoms with E-state index in [0.717, 1.165) is 18.7 Å². The third kappa shape index (κ3) is 10.2. The van der Waals surface area contributed by atoms with Crippen molar-refractivity contribution in [2.45, 2.75) is 20.3 Å². The van der Waals surface area contributed by atoms with Gasteiger partial charge in [0.15, 0.2) is 0 Å². The second kappa shape index (κ2) is 8.66. The third-order valence-corrected chi connectivity index (χ3v) is 2.31. The van der Waals surface area contributed by atoms with E-state index in [1.165, 1.54) is 0 Å². The largest absolute Gasteiger partial charge is 0.343 e. The number of nitrogens with zero attached hydrogens (tertiary/aromatic N) is 1. The highest BCUT2D eigenvalue weighted by Crippen LogP contribution is 2.02. The van der Waals surface area contributed by atoms with Crippen molar-refractivity contribution >= 4 is 16.0 Å². The van der Waals surface area contributed by atoms with Crippen LogP contribution in [0.3, 0.4) is 0 Å². The molecular weight excluding hydrogens is 266 g/mol. The Morgan fingerprint density at radius 2 is 1.58 bits per heavy atom. The number of carbonyl (C=O) groups is 1. The van der Waals surface area contributed by atoms with Gasteiger partial charge in [0, 0.05) is 13.1 Å². The molecule has 0 saturated carbocycles. The summed E-state index contributed by atoms with van der Waals surface area (Å²) in [5.74, 6) is 0.209. The summed E-state index contributed by atoms with van der Waals surface area (Å²) in [6.45, 7) is 5.60. The maximum Gasteiger partial charge on any atom is 0.261 e. The molecule has 1 amide bonds. The van der Waals surface area contributed by atoms with Gasteiger partial charge in [-0.15, -0.1) is 0 Å². The molecule has 0 fully saturated rings. The van der Waals surface area contributed by atoms with Crippen LogP contribution < -0.4 is 0 Å². The molecule has 0 saturated heterocycles. The second-order valence-electron chi connectivity index (χ2n) is 3.96. The molecule has 1 aromatic carbocycles. The molecule has 0 aliphatic carbocycles. The Morgan fingerprint density at radius 3 is 1.95 bits per heavy atom. The summed E-state index contributed by atoms with van der Waals surface area (Å²) in [5.41, 5.74) is 1.09. The molecule has 1 rings (SSSR count). The molecule has 1 aromatic rings. The van der Waals surface area contributed by atoms with E-state index >= 15 is 0 Å². The lowest BCUT2D eigenvalue weighted by Gasteiger charge is -2.18. The van der Waals surface area contributed by atoms with Gasteiger partial charge in [0.25, 0.3) is 10.1 Å². The predicted molar refractivity (Wildman–Crippen MR) is 75.5 cm³/mol. The molecule has 0 aromatic heterocycles. The van der Waals surface area contributed by atoms with Crippen LogP contribution in [-0.4, -0.2) is 43.1 Å². The third-order valence-electron chi connectivity index (χ3n) is 2.31. The van der Waals surface area contributed by atoms with Gasteiger partial charge in [-0.1, -0.05) is 30.3 Å². The minimum atomic E-state index is -3.67. The van der Waals surface area contributed by atoms with Crippen molar-refractivity contribution in [1.82, 2.24) is 4.90 Å². The molecule has 0 atom stereocenters. The maximum atomic E-state index is 11.7. The average molecular weight is 287 g/mol. The van der Waals surface area contributed by atoms with Crippen LogP contribution in [0.4, 0.5) is 0 Å². The van der Waals surface area contributed by atoms with Crippen LogP contribution in [0.5, 0.6) is 0 Å². The van der Waals surface area contributed by atoms with Gasteiger partial charge in [-0.3, -0.25) is 9.35 Å². The van der Waals surface area contributed by atoms with Gasteiger partial charge in [0.1, 0.15) is 0 Å². The number of hydrogen-bond donors (Lipinski definition) is 1. The first-order valence-corrected chi connectivity index (χ1v) is 7.86. The Morgan fingerprint density at radius 1 is 1.16 bits per heavy atom. The van der Waals surface area contributed by atoms with Crippen LogP contribution in [-0.2, 0) is 21.3 Å². The number of hydrogen-bond acceptors (Lipinski definition) is 3. The van der Waals surface area contributed by atoms with Gasteiger partial charge in [-0.2, -0.15) is 8.42 Å². The van der Waals surface area contributed by atoms with Crippen LogP contribution in [0, 0.1) is 0 Å². The molecular formula is C13H21NO4S. The lowest BCUT2D eigenvalue weighted by atomic mass is 10.1. The molecule has 0 bridgehead atoms. The SMILES string of the molecule is CCN(CC)C(=O)Cc1ccccc1.CS(=O)(=O)O. The summed E-state index contributed by atoms with van der Waals surface area (Å²) in [6, 6.07) is 9.86. The van der Waals surface area contributed by atoms with E-state index < -0.39 is 10.1 Å². The van der Waals surface area contributed by atoms with Crippen LogP contribution in [0.15, 0.2) is 30.3 Å². The van der Waals surface area contributed by atoms with Crippen molar-refractivity contribution in [3.8, 4) is 0 Å². The lowest BCUT2D eigenvalue weighted by Crippen LogP contribution is -2.31. The van der Waals surface area contributed by atoms with Gasteiger partial charge in [0.2, 0.25) is 5.91 Å². The minimum Gasteiger partial charge on any atom is -0.343 e. The molecule has 6 heteroatoms. The van der Waals surface area contributed by atoms with Crippen LogP contribution >= 0.6 is 0 Å². The molecule has 1 N–H and O–H groups in total. The zero-order valence-electron chi connectivity index (χ0n) is 11.5. The van der Waals surface area contributed by atoms with Crippen molar-refractivity contribution in [3.63, 3.8) is 0 Å². The Balaban J connectivity index is 0.000000555. The van der Waals surface area contributed by atoms with E-state index in [2.05, 4.69) is 0 Å². The molecule has 5 nitrogen and oxygen atoms in total. The van der Waals surface area contributed by atoms with E-state index in [9.17, 15) is 13.2 Å². The van der Waals surface area contributed by atoms with E-state index in [-0.39, 0.29) is 5.91 Å². The fourth-order valence-corrected chi connectivity index (χ4v) is 1.46. The van der Waals surface area contributed by atoms with E-state index in [1.807, 2.05) is 49.1 Å². The van der Waals surface area contributed by atoms with E-state index in [0.29, 0.717) is 12.7 Å². The minimum absolute atomic E-state index is 0.209. The summed E-state index contributed by atoms with van der Waals surface area (Å²) in [6.07, 6.45) is 1.23. The summed E-state index contributed by atoms with van der Waals surface area (Å²) in [5, 5.41) is 0. The molecule has 0 aliphatic heterocycles. The molecule has 19 heavy (non-hydrogen) atoms. The molecule has 108 valence electrons. The number of benzene rings is 1. The Labute approximate surface area is 115 Å². The molecule has 0 unspecified atom stereocenters. The smallest absolute Gasteiger partial charge is 0.261 e. The summed E-state index contributed by atoms with van der Waals surface area (Å²) >= 11 is 0. The predicted octanol–water partition coefficient (Wildman–Crippen LogP) is 1.60. The second-order valence-corrected chi connectivity index (χ2v) is 5.43. The standard InChI is InChI=1S/C12H17NO.CH4O3S/c1-3-13(4-2)12(14)10-11-8-6-5-7-9-11;1-5(2,3)4/h5-9H,3-4,10H2,1-2H3;1H3,(H,2,3,4). The Hall–Kier alpha value is -1.40. The Bertz CT molecular complexity index is 459. The maximum absolute atomic E-state index is 11.7. The van der Waals surface area contributed by atoms with Gasteiger partial charge in [0.05, 0.1) is 12.7 Å². The topological polar surface area (TPSA) is 74.7 Å². The first-order chi connectivity index (χ1) is 8.77. The molecule has 0 spiro atoms. The van der Waals surface area contributed by atoms with Gasteiger partial charge in [-0.05, 0) is 19.4 Å². The number of amides is 1. The fourth-order valence-electron chi connectivity index (χ4n) is 1.46. The van der Waals surface area contributed by atoms with Gasteiger partial charge < -0.3 is 4.90 Å². The van der Waals surface area contributed by atoms with Crippen LogP contribution in [0.2, 0.25) is 0 Å². The van der Waals surface area contributed by atoms with Crippen molar-refractivity contribution in [2.24, 2.45) is 0 Å². The van der Waals surface area contributed by atoms with Crippen molar-refractivity contribution < 1.29 is 17.8 Å². The summed E-state index contributed by atoms with van der Waals surface area (Å²) in [7, 11) is -3.67. The van der Waals surface area contributed by atoms with Crippen molar-refractivity contribution in [1.29, 1.82) is 0 Å². The van der Waals surface area contributed by atoms with Gasteiger partial charge in [-0.25, -0.2) is 0 Å². The summed E-state index contributed by atoms with van der Waals surface area (Å²) < 4.78 is 25.9. The Kier molecular flexibility index (Phi) is 8.02. The van der Waals surface area contributed by atoms with E-state index in [4.69, 9.17) is 4.55 Å². The monoisotopic (exact) mass is 287 g/mol. The fraction of sp³-hybridized carbons (Fsp3) is 0.462. The number of carbonyl (C=O) groups excluding carboxylic acids is 1. The van der Waals surface area contributed by atoms with Crippen LogP contribution in [0.1, 0.15) is 19.4 Å². The zero-order valence-corrected chi connectivity index (χ0v) is 12.4. The normalized spacial score (nSPS) is 10.3. The molecule has 0 aliphatic rings. The quantitative estimate of drug-likeness (QED) is 0.854. The first-order valence-electron chi connectivity index (χ1n) is 6.02. The van der Waals surface area contributed by atoms with Crippen molar-refractivity contribution in [2.75, 3.05) is 19.3 Å². The summed E-state index contributed by atoms with van der Waals surface area (Å²) in [4.78, 5) is 13.6. The van der Waals surface area contributed by atoms with Crippen LogP contribution in [0.25, 0.3) is 0 Å². The highest BCUT2D eigenvalue weighted by atomic mass is 32.2.